The summed E-state index contributed by atoms with van der Waals surface area (Å²) < 4.78 is 0. The van der Waals surface area contributed by atoms with E-state index < -0.39 is 5.97 Å². The Hall–Kier alpha value is -1.68. The highest BCUT2D eigenvalue weighted by Gasteiger charge is 2.09. The summed E-state index contributed by atoms with van der Waals surface area (Å²) in [7, 11) is 0. The number of aryl methyl sites for hydroxylation is 1. The number of rotatable bonds is 4. The van der Waals surface area contributed by atoms with Crippen molar-refractivity contribution in [3.8, 4) is 11.3 Å². The van der Waals surface area contributed by atoms with E-state index in [0.29, 0.717) is 0 Å². The lowest BCUT2D eigenvalue weighted by atomic mass is 10.1. The fourth-order valence-corrected chi connectivity index (χ4v) is 2.30. The molecule has 1 aromatic carbocycles. The zero-order valence-electron chi connectivity index (χ0n) is 9.51. The molecule has 4 heteroatoms. The SMILES string of the molecule is CCCc1ccc(-c2csc(C(=O)O)n2)cc1. The summed E-state index contributed by atoms with van der Waals surface area (Å²) in [4.78, 5) is 14.8. The Morgan fingerprint density at radius 1 is 1.35 bits per heavy atom. The molecule has 0 saturated heterocycles. The maximum atomic E-state index is 10.7. The second kappa shape index (κ2) is 5.10. The standard InChI is InChI=1S/C13H13NO2S/c1-2-3-9-4-6-10(7-5-9)11-8-17-12(14-11)13(15)16/h4-8H,2-3H2,1H3,(H,15,16). The van der Waals surface area contributed by atoms with Gasteiger partial charge in [-0.1, -0.05) is 37.6 Å². The van der Waals surface area contributed by atoms with Crippen LogP contribution in [0.5, 0.6) is 0 Å². The minimum Gasteiger partial charge on any atom is -0.476 e. The van der Waals surface area contributed by atoms with Crippen molar-refractivity contribution >= 4 is 17.3 Å². The van der Waals surface area contributed by atoms with Gasteiger partial charge in [-0.05, 0) is 12.0 Å². The maximum Gasteiger partial charge on any atom is 0.365 e. The highest BCUT2D eigenvalue weighted by molar-refractivity contribution is 7.11. The molecule has 0 atom stereocenters. The van der Waals surface area contributed by atoms with Gasteiger partial charge in [0.15, 0.2) is 0 Å². The number of aromatic carboxylic acids is 1. The molecule has 0 radical (unpaired) electrons. The average Bonchev–Trinajstić information content (AvgIpc) is 2.80. The van der Waals surface area contributed by atoms with Crippen molar-refractivity contribution in [1.82, 2.24) is 4.98 Å². The molecule has 1 heterocycles. The third-order valence-corrected chi connectivity index (χ3v) is 3.31. The van der Waals surface area contributed by atoms with E-state index in [1.165, 1.54) is 5.56 Å². The summed E-state index contributed by atoms with van der Waals surface area (Å²) in [6.07, 6.45) is 2.19. The topological polar surface area (TPSA) is 50.2 Å². The van der Waals surface area contributed by atoms with E-state index in [-0.39, 0.29) is 5.01 Å². The number of nitrogens with zero attached hydrogens (tertiary/aromatic N) is 1. The Labute approximate surface area is 104 Å². The Bertz CT molecular complexity index is 516. The molecule has 2 aromatic rings. The van der Waals surface area contributed by atoms with Crippen LogP contribution >= 0.6 is 11.3 Å². The monoisotopic (exact) mass is 247 g/mol. The Balaban J connectivity index is 2.23. The normalized spacial score (nSPS) is 10.4. The van der Waals surface area contributed by atoms with Crippen LogP contribution in [0.3, 0.4) is 0 Å². The second-order valence-corrected chi connectivity index (χ2v) is 4.65. The third kappa shape index (κ3) is 2.71. The number of carbonyl (C=O) groups is 1. The van der Waals surface area contributed by atoms with E-state index in [4.69, 9.17) is 5.11 Å². The molecule has 3 nitrogen and oxygen atoms in total. The van der Waals surface area contributed by atoms with Crippen LogP contribution in [-0.2, 0) is 6.42 Å². The number of thiazole rings is 1. The number of aromatic nitrogens is 1. The molecular formula is C13H13NO2S. The van der Waals surface area contributed by atoms with Crippen LogP contribution in [0.4, 0.5) is 0 Å². The van der Waals surface area contributed by atoms with Gasteiger partial charge in [-0.25, -0.2) is 9.78 Å². The first-order valence-electron chi connectivity index (χ1n) is 5.49. The molecule has 0 aliphatic heterocycles. The Morgan fingerprint density at radius 3 is 2.59 bits per heavy atom. The lowest BCUT2D eigenvalue weighted by Crippen LogP contribution is -1.94. The van der Waals surface area contributed by atoms with Gasteiger partial charge in [0.25, 0.3) is 0 Å². The van der Waals surface area contributed by atoms with Crippen molar-refractivity contribution < 1.29 is 9.90 Å². The van der Waals surface area contributed by atoms with Gasteiger partial charge in [-0.2, -0.15) is 0 Å². The van der Waals surface area contributed by atoms with Gasteiger partial charge in [0.2, 0.25) is 5.01 Å². The molecule has 0 amide bonds. The molecule has 1 aromatic heterocycles. The smallest absolute Gasteiger partial charge is 0.365 e. The lowest BCUT2D eigenvalue weighted by Gasteiger charge is -2.00. The van der Waals surface area contributed by atoms with Crippen molar-refractivity contribution in [2.75, 3.05) is 0 Å². The van der Waals surface area contributed by atoms with Gasteiger partial charge < -0.3 is 5.11 Å². The van der Waals surface area contributed by atoms with Gasteiger partial charge in [0.05, 0.1) is 5.69 Å². The average molecular weight is 247 g/mol. The van der Waals surface area contributed by atoms with Crippen LogP contribution in [0.2, 0.25) is 0 Å². The number of carboxylic acids is 1. The van der Waals surface area contributed by atoms with Gasteiger partial charge in [0, 0.05) is 10.9 Å². The molecule has 0 aliphatic rings. The van der Waals surface area contributed by atoms with E-state index in [2.05, 4.69) is 24.0 Å². The van der Waals surface area contributed by atoms with Gasteiger partial charge in [0.1, 0.15) is 0 Å². The summed E-state index contributed by atoms with van der Waals surface area (Å²) in [6.45, 7) is 2.15. The summed E-state index contributed by atoms with van der Waals surface area (Å²) in [6, 6.07) is 8.12. The van der Waals surface area contributed by atoms with Crippen LogP contribution in [0.25, 0.3) is 11.3 Å². The Morgan fingerprint density at radius 2 is 2.06 bits per heavy atom. The summed E-state index contributed by atoms with van der Waals surface area (Å²) in [5.74, 6) is -0.969. The first kappa shape index (κ1) is 11.8. The van der Waals surface area contributed by atoms with E-state index >= 15 is 0 Å². The van der Waals surface area contributed by atoms with Gasteiger partial charge >= 0.3 is 5.97 Å². The number of benzene rings is 1. The summed E-state index contributed by atoms with van der Waals surface area (Å²) >= 11 is 1.16. The third-order valence-electron chi connectivity index (χ3n) is 2.48. The molecule has 0 fully saturated rings. The molecule has 17 heavy (non-hydrogen) atoms. The summed E-state index contributed by atoms with van der Waals surface area (Å²) in [5.41, 5.74) is 2.99. The molecule has 88 valence electrons. The molecule has 2 rings (SSSR count). The van der Waals surface area contributed by atoms with Crippen LogP contribution in [0.15, 0.2) is 29.6 Å². The van der Waals surface area contributed by atoms with Crippen molar-refractivity contribution in [1.29, 1.82) is 0 Å². The fraction of sp³-hybridized carbons (Fsp3) is 0.231. The van der Waals surface area contributed by atoms with Crippen molar-refractivity contribution in [2.45, 2.75) is 19.8 Å². The van der Waals surface area contributed by atoms with Gasteiger partial charge in [-0.15, -0.1) is 11.3 Å². The minimum atomic E-state index is -0.969. The van der Waals surface area contributed by atoms with Crippen LogP contribution in [0.1, 0.15) is 28.7 Å². The second-order valence-electron chi connectivity index (χ2n) is 3.79. The fourth-order valence-electron chi connectivity index (χ4n) is 1.64. The molecule has 0 aliphatic carbocycles. The van der Waals surface area contributed by atoms with Crippen molar-refractivity contribution in [2.24, 2.45) is 0 Å². The zero-order valence-corrected chi connectivity index (χ0v) is 10.3. The van der Waals surface area contributed by atoms with Crippen LogP contribution in [-0.4, -0.2) is 16.1 Å². The van der Waals surface area contributed by atoms with Crippen LogP contribution in [0, 0.1) is 0 Å². The maximum absolute atomic E-state index is 10.7. The predicted molar refractivity (Wildman–Crippen MR) is 68.5 cm³/mol. The summed E-state index contributed by atoms with van der Waals surface area (Å²) in [5, 5.41) is 10.7. The lowest BCUT2D eigenvalue weighted by molar-refractivity contribution is 0.0696. The minimum absolute atomic E-state index is 0.137. The highest BCUT2D eigenvalue weighted by atomic mass is 32.1. The first-order valence-corrected chi connectivity index (χ1v) is 6.37. The number of hydrogen-bond donors (Lipinski definition) is 1. The van der Waals surface area contributed by atoms with E-state index in [1.54, 1.807) is 5.38 Å². The van der Waals surface area contributed by atoms with Crippen molar-refractivity contribution in [3.63, 3.8) is 0 Å². The van der Waals surface area contributed by atoms with Gasteiger partial charge in [-0.3, -0.25) is 0 Å². The molecule has 0 unspecified atom stereocenters. The zero-order chi connectivity index (χ0) is 12.3. The quantitative estimate of drug-likeness (QED) is 0.900. The van der Waals surface area contributed by atoms with E-state index in [9.17, 15) is 4.79 Å². The molecule has 0 bridgehead atoms. The number of hydrogen-bond acceptors (Lipinski definition) is 3. The van der Waals surface area contributed by atoms with E-state index in [1.807, 2.05) is 12.1 Å². The largest absolute Gasteiger partial charge is 0.476 e. The molecule has 1 N–H and O–H groups in total. The first-order chi connectivity index (χ1) is 8.20. The highest BCUT2D eigenvalue weighted by Crippen LogP contribution is 2.22. The Kier molecular flexibility index (Phi) is 3.54. The molecular weight excluding hydrogens is 234 g/mol. The predicted octanol–water partition coefficient (Wildman–Crippen LogP) is 3.46. The van der Waals surface area contributed by atoms with E-state index in [0.717, 1.165) is 35.4 Å². The van der Waals surface area contributed by atoms with Crippen molar-refractivity contribution in [3.05, 3.63) is 40.2 Å². The molecule has 0 spiro atoms. The van der Waals surface area contributed by atoms with Crippen LogP contribution < -0.4 is 0 Å². The molecule has 0 saturated carbocycles. The number of carboxylic acid groups (broad SMARTS) is 1.